The normalized spacial score (nSPS) is 10.7. The Kier molecular flexibility index (Phi) is 5.77. The molecule has 0 radical (unpaired) electrons. The van der Waals surface area contributed by atoms with Gasteiger partial charge in [0.1, 0.15) is 12.4 Å². The van der Waals surface area contributed by atoms with Crippen molar-refractivity contribution >= 4 is 28.9 Å². The third-order valence-electron chi connectivity index (χ3n) is 3.16. The number of rotatable bonds is 6. The van der Waals surface area contributed by atoms with Gasteiger partial charge in [0.25, 0.3) is 0 Å². The lowest BCUT2D eigenvalue weighted by atomic mass is 10.0. The Hall–Kier alpha value is -1.38. The average molecular weight is 324 g/mol. The van der Waals surface area contributed by atoms with Crippen LogP contribution in [0.25, 0.3) is 0 Å². The second-order valence-electron chi connectivity index (χ2n) is 5.12. The van der Waals surface area contributed by atoms with Gasteiger partial charge in [0, 0.05) is 11.6 Å². The fraction of sp³-hybridized carbons (Fsp3) is 0.294. The van der Waals surface area contributed by atoms with Crippen LogP contribution in [0.3, 0.4) is 0 Å². The third-order valence-corrected chi connectivity index (χ3v) is 3.73. The number of halogens is 2. The van der Waals surface area contributed by atoms with E-state index in [4.69, 9.17) is 27.9 Å². The van der Waals surface area contributed by atoms with Crippen LogP contribution < -0.4 is 10.1 Å². The molecule has 0 spiro atoms. The molecule has 0 unspecified atom stereocenters. The number of hydrogen-bond acceptors (Lipinski definition) is 2. The molecule has 4 heteroatoms. The first kappa shape index (κ1) is 16.0. The van der Waals surface area contributed by atoms with Gasteiger partial charge in [-0.2, -0.15) is 0 Å². The van der Waals surface area contributed by atoms with E-state index < -0.39 is 0 Å². The second-order valence-corrected chi connectivity index (χ2v) is 5.97. The van der Waals surface area contributed by atoms with Crippen LogP contribution in [0.4, 0.5) is 5.69 Å². The van der Waals surface area contributed by atoms with Crippen molar-refractivity contribution in [3.63, 3.8) is 0 Å². The maximum Gasteiger partial charge on any atom is 0.119 e. The monoisotopic (exact) mass is 323 g/mol. The summed E-state index contributed by atoms with van der Waals surface area (Å²) in [5.74, 6) is 1.41. The lowest BCUT2D eigenvalue weighted by Gasteiger charge is -2.11. The molecule has 21 heavy (non-hydrogen) atoms. The summed E-state index contributed by atoms with van der Waals surface area (Å²) in [5, 5.41) is 4.52. The van der Waals surface area contributed by atoms with E-state index in [1.54, 1.807) is 18.2 Å². The van der Waals surface area contributed by atoms with Crippen molar-refractivity contribution in [2.45, 2.75) is 19.8 Å². The molecular formula is C17H19Cl2NO. The first-order valence-corrected chi connectivity index (χ1v) is 7.73. The molecule has 2 rings (SSSR count). The van der Waals surface area contributed by atoms with Crippen LogP contribution in [0, 0.1) is 0 Å². The number of benzene rings is 2. The zero-order chi connectivity index (χ0) is 15.2. The van der Waals surface area contributed by atoms with E-state index in [1.807, 2.05) is 12.1 Å². The Morgan fingerprint density at radius 3 is 2.43 bits per heavy atom. The van der Waals surface area contributed by atoms with Gasteiger partial charge in [0.15, 0.2) is 0 Å². The predicted molar refractivity (Wildman–Crippen MR) is 91.0 cm³/mol. The molecule has 0 aliphatic rings. The van der Waals surface area contributed by atoms with Crippen LogP contribution in [-0.2, 0) is 0 Å². The molecule has 0 amide bonds. The van der Waals surface area contributed by atoms with E-state index in [2.05, 4.69) is 31.3 Å². The van der Waals surface area contributed by atoms with Crippen LogP contribution in [0.2, 0.25) is 10.0 Å². The van der Waals surface area contributed by atoms with Gasteiger partial charge in [0.05, 0.1) is 10.7 Å². The summed E-state index contributed by atoms with van der Waals surface area (Å²) >= 11 is 12.0. The SMILES string of the molecule is CC(C)c1ccc(OCCNc2cc(Cl)ccc2Cl)cc1. The molecule has 0 fully saturated rings. The number of anilines is 1. The Morgan fingerprint density at radius 1 is 1.05 bits per heavy atom. The Labute approximate surface area is 136 Å². The van der Waals surface area contributed by atoms with Crippen LogP contribution in [0.1, 0.15) is 25.3 Å². The summed E-state index contributed by atoms with van der Waals surface area (Å²) in [7, 11) is 0. The van der Waals surface area contributed by atoms with Crippen molar-refractivity contribution in [3.8, 4) is 5.75 Å². The number of ether oxygens (including phenoxy) is 1. The van der Waals surface area contributed by atoms with Gasteiger partial charge >= 0.3 is 0 Å². The van der Waals surface area contributed by atoms with Crippen molar-refractivity contribution in [1.82, 2.24) is 0 Å². The van der Waals surface area contributed by atoms with E-state index >= 15 is 0 Å². The molecule has 2 aromatic rings. The molecule has 112 valence electrons. The van der Waals surface area contributed by atoms with E-state index in [0.29, 0.717) is 29.1 Å². The highest BCUT2D eigenvalue weighted by molar-refractivity contribution is 6.35. The standard InChI is InChI=1S/C17H19Cl2NO/c1-12(2)13-3-6-15(7-4-13)21-10-9-20-17-11-14(18)5-8-16(17)19/h3-8,11-12,20H,9-10H2,1-2H3. The minimum atomic E-state index is 0.533. The maximum absolute atomic E-state index is 6.08. The highest BCUT2D eigenvalue weighted by Crippen LogP contribution is 2.25. The molecule has 0 aliphatic carbocycles. The minimum Gasteiger partial charge on any atom is -0.492 e. The summed E-state index contributed by atoms with van der Waals surface area (Å²) < 4.78 is 5.69. The van der Waals surface area contributed by atoms with Crippen molar-refractivity contribution in [3.05, 3.63) is 58.1 Å². The Bertz CT molecular complexity index is 582. The highest BCUT2D eigenvalue weighted by atomic mass is 35.5. The van der Waals surface area contributed by atoms with Gasteiger partial charge < -0.3 is 10.1 Å². The van der Waals surface area contributed by atoms with E-state index in [1.165, 1.54) is 5.56 Å². The summed E-state index contributed by atoms with van der Waals surface area (Å²) in [6.45, 7) is 5.57. The van der Waals surface area contributed by atoms with Crippen molar-refractivity contribution in [2.75, 3.05) is 18.5 Å². The highest BCUT2D eigenvalue weighted by Gasteiger charge is 2.02. The quantitative estimate of drug-likeness (QED) is 0.698. The Balaban J connectivity index is 1.80. The van der Waals surface area contributed by atoms with E-state index in [9.17, 15) is 0 Å². The van der Waals surface area contributed by atoms with Crippen LogP contribution >= 0.6 is 23.2 Å². The lowest BCUT2D eigenvalue weighted by molar-refractivity contribution is 0.333. The van der Waals surface area contributed by atoms with E-state index in [0.717, 1.165) is 11.4 Å². The fourth-order valence-corrected chi connectivity index (χ4v) is 2.29. The molecule has 0 atom stereocenters. The van der Waals surface area contributed by atoms with Crippen LogP contribution in [0.5, 0.6) is 5.75 Å². The molecule has 2 nitrogen and oxygen atoms in total. The molecule has 0 aromatic heterocycles. The summed E-state index contributed by atoms with van der Waals surface area (Å²) in [5.41, 5.74) is 2.13. The molecule has 0 aliphatic heterocycles. The third kappa shape index (κ3) is 4.83. The van der Waals surface area contributed by atoms with E-state index in [-0.39, 0.29) is 0 Å². The summed E-state index contributed by atoms with van der Waals surface area (Å²) in [4.78, 5) is 0. The fourth-order valence-electron chi connectivity index (χ4n) is 1.94. The summed E-state index contributed by atoms with van der Waals surface area (Å²) in [6.07, 6.45) is 0. The molecule has 0 saturated carbocycles. The molecule has 0 heterocycles. The van der Waals surface area contributed by atoms with Gasteiger partial charge in [-0.3, -0.25) is 0 Å². The van der Waals surface area contributed by atoms with Crippen molar-refractivity contribution in [2.24, 2.45) is 0 Å². The average Bonchev–Trinajstić information content (AvgIpc) is 2.47. The molecular weight excluding hydrogens is 305 g/mol. The van der Waals surface area contributed by atoms with Gasteiger partial charge in [-0.25, -0.2) is 0 Å². The smallest absolute Gasteiger partial charge is 0.119 e. The molecule has 1 N–H and O–H groups in total. The van der Waals surface area contributed by atoms with Gasteiger partial charge in [-0.15, -0.1) is 0 Å². The zero-order valence-electron chi connectivity index (χ0n) is 12.2. The predicted octanol–water partition coefficient (Wildman–Crippen LogP) is 5.61. The second kappa shape index (κ2) is 7.58. The molecule has 0 saturated heterocycles. The van der Waals surface area contributed by atoms with Crippen molar-refractivity contribution in [1.29, 1.82) is 0 Å². The number of hydrogen-bond donors (Lipinski definition) is 1. The maximum atomic E-state index is 6.08. The van der Waals surface area contributed by atoms with Gasteiger partial charge in [-0.1, -0.05) is 49.2 Å². The largest absolute Gasteiger partial charge is 0.492 e. The Morgan fingerprint density at radius 2 is 1.76 bits per heavy atom. The number of nitrogens with one attached hydrogen (secondary N) is 1. The van der Waals surface area contributed by atoms with Crippen LogP contribution in [-0.4, -0.2) is 13.2 Å². The summed E-state index contributed by atoms with van der Waals surface area (Å²) in [6, 6.07) is 13.5. The minimum absolute atomic E-state index is 0.533. The van der Waals surface area contributed by atoms with Gasteiger partial charge in [-0.05, 0) is 41.8 Å². The lowest BCUT2D eigenvalue weighted by Crippen LogP contribution is -2.11. The first-order valence-electron chi connectivity index (χ1n) is 6.98. The van der Waals surface area contributed by atoms with Gasteiger partial charge in [0.2, 0.25) is 0 Å². The van der Waals surface area contributed by atoms with Crippen LogP contribution in [0.15, 0.2) is 42.5 Å². The topological polar surface area (TPSA) is 21.3 Å². The van der Waals surface area contributed by atoms with Crippen molar-refractivity contribution < 1.29 is 4.74 Å². The first-order chi connectivity index (χ1) is 10.1. The zero-order valence-corrected chi connectivity index (χ0v) is 13.7. The molecule has 2 aromatic carbocycles. The molecule has 0 bridgehead atoms.